The van der Waals surface area contributed by atoms with E-state index in [2.05, 4.69) is 0 Å². The maximum atomic E-state index is 11.4. The minimum absolute atomic E-state index is 0.00894. The molecule has 17 heavy (non-hydrogen) atoms. The molecule has 4 rings (SSSR count). The van der Waals surface area contributed by atoms with Crippen LogP contribution < -0.4 is 0 Å². The lowest BCUT2D eigenvalue weighted by molar-refractivity contribution is -0.173. The van der Waals surface area contributed by atoms with Crippen LogP contribution in [0, 0.1) is 23.7 Å². The molecule has 4 fully saturated rings. The normalized spacial score (nSPS) is 42.5. The molecule has 4 bridgehead atoms. The molecule has 0 aliphatic heterocycles. The Morgan fingerprint density at radius 3 is 2.00 bits per heavy atom. The van der Waals surface area contributed by atoms with E-state index < -0.39 is 18.4 Å². The summed E-state index contributed by atoms with van der Waals surface area (Å²) in [6.45, 7) is 0. The molecule has 0 amide bonds. The molecule has 4 saturated carbocycles. The number of esters is 1. The maximum absolute atomic E-state index is 11.4. The number of hydrogen-bond acceptors (Lipinski definition) is 3. The fourth-order valence-corrected chi connectivity index (χ4v) is 4.38. The average molecular weight is 238 g/mol. The van der Waals surface area contributed by atoms with Gasteiger partial charge in [0.2, 0.25) is 0 Å². The van der Waals surface area contributed by atoms with E-state index in [1.807, 2.05) is 0 Å². The molecule has 4 aliphatic rings. The maximum Gasteiger partial charge on any atom is 0.317 e. The summed E-state index contributed by atoms with van der Waals surface area (Å²) in [5.74, 6) is 1.03. The molecule has 0 spiro atoms. The molecule has 94 valence electrons. The molecule has 4 heteroatoms. The fraction of sp³-hybridized carbons (Fsp3) is 0.846. The van der Waals surface area contributed by atoms with Gasteiger partial charge in [0.25, 0.3) is 0 Å². The van der Waals surface area contributed by atoms with Gasteiger partial charge in [0.15, 0.2) is 0 Å². The van der Waals surface area contributed by atoms with Gasteiger partial charge in [-0.2, -0.15) is 0 Å². The van der Waals surface area contributed by atoms with Gasteiger partial charge in [0.05, 0.1) is 0 Å². The van der Waals surface area contributed by atoms with Crippen molar-refractivity contribution in [1.82, 2.24) is 0 Å². The van der Waals surface area contributed by atoms with Crippen LogP contribution in [0.2, 0.25) is 0 Å². The number of carboxylic acids is 1. The predicted octanol–water partition coefficient (Wildman–Crippen LogP) is 1.83. The van der Waals surface area contributed by atoms with Crippen molar-refractivity contribution in [1.29, 1.82) is 0 Å². The Bertz CT molecular complexity index is 321. The molecule has 4 aliphatic carbocycles. The van der Waals surface area contributed by atoms with Crippen LogP contribution >= 0.6 is 0 Å². The first kappa shape index (κ1) is 11.1. The lowest BCUT2D eigenvalue weighted by Gasteiger charge is -2.53. The van der Waals surface area contributed by atoms with Gasteiger partial charge in [-0.05, 0) is 55.8 Å². The molecule has 0 unspecified atom stereocenters. The highest BCUT2D eigenvalue weighted by atomic mass is 16.5. The summed E-state index contributed by atoms with van der Waals surface area (Å²) in [7, 11) is 0. The number of aliphatic carboxylic acids is 1. The molecule has 4 nitrogen and oxygen atoms in total. The zero-order valence-electron chi connectivity index (χ0n) is 9.80. The zero-order valence-corrected chi connectivity index (χ0v) is 9.80. The second kappa shape index (κ2) is 4.00. The molecule has 0 radical (unpaired) electrons. The quantitative estimate of drug-likeness (QED) is 0.602. The number of carbonyl (C=O) groups is 2. The largest absolute Gasteiger partial charge is 0.481 e. The van der Waals surface area contributed by atoms with E-state index in [1.165, 1.54) is 32.1 Å². The number of carbonyl (C=O) groups excluding carboxylic acids is 1. The van der Waals surface area contributed by atoms with E-state index in [0.29, 0.717) is 11.8 Å². The Hall–Kier alpha value is -1.06. The first-order valence-electron chi connectivity index (χ1n) is 6.53. The van der Waals surface area contributed by atoms with Gasteiger partial charge in [0.1, 0.15) is 12.5 Å². The lowest BCUT2D eigenvalue weighted by Crippen LogP contribution is -2.50. The van der Waals surface area contributed by atoms with Crippen molar-refractivity contribution in [3.63, 3.8) is 0 Å². The summed E-state index contributed by atoms with van der Waals surface area (Å²) in [5.41, 5.74) is 0. The highest BCUT2D eigenvalue weighted by Gasteiger charge is 2.49. The Balaban J connectivity index is 1.64. The number of ether oxygens (including phenoxy) is 1. The zero-order chi connectivity index (χ0) is 12.0. The second-order valence-corrected chi connectivity index (χ2v) is 5.96. The van der Waals surface area contributed by atoms with E-state index in [0.717, 1.165) is 11.8 Å². The molecular formula is C13H18O4. The molecule has 0 aromatic rings. The summed E-state index contributed by atoms with van der Waals surface area (Å²) in [6, 6.07) is 0. The summed E-state index contributed by atoms with van der Waals surface area (Å²) in [4.78, 5) is 21.9. The van der Waals surface area contributed by atoms with Crippen molar-refractivity contribution in [2.24, 2.45) is 23.7 Å². The van der Waals surface area contributed by atoms with Gasteiger partial charge in [-0.3, -0.25) is 9.59 Å². The van der Waals surface area contributed by atoms with Crippen molar-refractivity contribution in [3.8, 4) is 0 Å². The van der Waals surface area contributed by atoms with Crippen molar-refractivity contribution in [2.45, 2.75) is 44.6 Å². The molecule has 0 atom stereocenters. The van der Waals surface area contributed by atoms with Crippen LogP contribution in [0.5, 0.6) is 0 Å². The van der Waals surface area contributed by atoms with Crippen molar-refractivity contribution < 1.29 is 19.4 Å². The van der Waals surface area contributed by atoms with Gasteiger partial charge < -0.3 is 9.84 Å². The predicted molar refractivity (Wildman–Crippen MR) is 59.2 cm³/mol. The third kappa shape index (κ3) is 2.05. The third-order valence-electron chi connectivity index (χ3n) is 4.70. The smallest absolute Gasteiger partial charge is 0.317 e. The topological polar surface area (TPSA) is 63.6 Å². The van der Waals surface area contributed by atoms with Crippen molar-refractivity contribution in [3.05, 3.63) is 0 Å². The van der Waals surface area contributed by atoms with Crippen LogP contribution in [0.1, 0.15) is 38.5 Å². The van der Waals surface area contributed by atoms with E-state index in [9.17, 15) is 9.59 Å². The van der Waals surface area contributed by atoms with Gasteiger partial charge in [0, 0.05) is 0 Å². The molecule has 0 aromatic carbocycles. The Morgan fingerprint density at radius 2 is 1.53 bits per heavy atom. The van der Waals surface area contributed by atoms with Crippen LogP contribution in [0.25, 0.3) is 0 Å². The summed E-state index contributed by atoms with van der Waals surface area (Å²) >= 11 is 0. The first-order chi connectivity index (χ1) is 8.11. The summed E-state index contributed by atoms with van der Waals surface area (Å²) in [5, 5.41) is 8.56. The fourth-order valence-electron chi connectivity index (χ4n) is 4.38. The van der Waals surface area contributed by atoms with Crippen LogP contribution in [0.15, 0.2) is 0 Å². The summed E-state index contributed by atoms with van der Waals surface area (Å²) < 4.78 is 5.42. The second-order valence-electron chi connectivity index (χ2n) is 5.96. The van der Waals surface area contributed by atoms with Crippen LogP contribution in [-0.4, -0.2) is 23.1 Å². The lowest BCUT2D eigenvalue weighted by atomic mass is 9.55. The third-order valence-corrected chi connectivity index (χ3v) is 4.70. The first-order valence-corrected chi connectivity index (χ1v) is 6.53. The Morgan fingerprint density at radius 1 is 1.00 bits per heavy atom. The highest BCUT2D eigenvalue weighted by Crippen LogP contribution is 2.54. The standard InChI is InChI=1S/C13H18O4/c14-11(15)6-12(16)17-13-9-2-7-1-8(4-9)5-10(13)3-7/h7-10,13H,1-6H2,(H,14,15). The average Bonchev–Trinajstić information content (AvgIpc) is 2.21. The van der Waals surface area contributed by atoms with E-state index in [1.54, 1.807) is 0 Å². The molecular weight excluding hydrogens is 220 g/mol. The van der Waals surface area contributed by atoms with Crippen LogP contribution in [0.4, 0.5) is 0 Å². The van der Waals surface area contributed by atoms with Crippen LogP contribution in [0.3, 0.4) is 0 Å². The van der Waals surface area contributed by atoms with Gasteiger partial charge in [-0.25, -0.2) is 0 Å². The molecule has 1 N–H and O–H groups in total. The minimum atomic E-state index is -1.10. The van der Waals surface area contributed by atoms with E-state index in [-0.39, 0.29) is 6.10 Å². The van der Waals surface area contributed by atoms with Gasteiger partial charge in [-0.1, -0.05) is 0 Å². The van der Waals surface area contributed by atoms with Crippen molar-refractivity contribution >= 4 is 11.9 Å². The Labute approximate surface area is 100 Å². The monoisotopic (exact) mass is 238 g/mol. The van der Waals surface area contributed by atoms with Crippen LogP contribution in [-0.2, 0) is 14.3 Å². The number of rotatable bonds is 3. The highest BCUT2D eigenvalue weighted by molar-refractivity contribution is 5.90. The summed E-state index contributed by atoms with van der Waals surface area (Å²) in [6.07, 6.45) is 5.59. The number of carboxylic acid groups (broad SMARTS) is 1. The van der Waals surface area contributed by atoms with Gasteiger partial charge >= 0.3 is 11.9 Å². The van der Waals surface area contributed by atoms with Crippen molar-refractivity contribution in [2.75, 3.05) is 0 Å². The molecule has 0 heterocycles. The molecule has 0 aromatic heterocycles. The van der Waals surface area contributed by atoms with Gasteiger partial charge in [-0.15, -0.1) is 0 Å². The van der Waals surface area contributed by atoms with E-state index >= 15 is 0 Å². The minimum Gasteiger partial charge on any atom is -0.481 e. The Kier molecular flexibility index (Phi) is 2.60. The number of hydrogen-bond donors (Lipinski definition) is 1. The SMILES string of the molecule is O=C(O)CC(=O)OC1C2CC3CC(C2)CC1C3. The van der Waals surface area contributed by atoms with E-state index in [4.69, 9.17) is 9.84 Å². The molecule has 0 saturated heterocycles.